The van der Waals surface area contributed by atoms with Crippen LogP contribution in [0.1, 0.15) is 104 Å². The lowest BCUT2D eigenvalue weighted by Gasteiger charge is -2.58. The average molecular weight is 483 g/mol. The third-order valence-corrected chi connectivity index (χ3v) is 10.5. The van der Waals surface area contributed by atoms with Crippen LogP contribution >= 0.6 is 0 Å². The minimum atomic E-state index is -4.53. The molecule has 5 aliphatic rings. The maximum absolute atomic E-state index is 12.8. The topological polar surface area (TPSA) is 18.5 Å². The SMILES string of the molecule is CC(C)C1CC2CCCCC2C2OC(C3CCCCC3)(C3CCC(OC(F)(F)F)CC3)C=CC12. The number of ether oxygens (including phenoxy) is 2. The van der Waals surface area contributed by atoms with E-state index in [1.54, 1.807) is 0 Å². The van der Waals surface area contributed by atoms with Gasteiger partial charge in [-0.15, -0.1) is 13.2 Å². The molecular weight excluding hydrogens is 437 g/mol. The molecule has 0 aromatic rings. The summed E-state index contributed by atoms with van der Waals surface area (Å²) in [6, 6.07) is 0. The Bertz CT molecular complexity index is 705. The molecule has 1 aliphatic heterocycles. The molecule has 0 radical (unpaired) electrons. The van der Waals surface area contributed by atoms with Crippen LogP contribution in [0.2, 0.25) is 0 Å². The van der Waals surface area contributed by atoms with Gasteiger partial charge in [0, 0.05) is 5.92 Å². The third kappa shape index (κ3) is 4.99. The summed E-state index contributed by atoms with van der Waals surface area (Å²) in [5.74, 6) is 4.09. The highest BCUT2D eigenvalue weighted by atomic mass is 19.4. The zero-order valence-corrected chi connectivity index (χ0v) is 21.2. The van der Waals surface area contributed by atoms with E-state index in [-0.39, 0.29) is 5.60 Å². The number of hydrogen-bond acceptors (Lipinski definition) is 2. The Morgan fingerprint density at radius 1 is 0.853 bits per heavy atom. The standard InChI is InChI=1S/C29H45F3O2/c1-19(2)26-18-20-8-6-7-11-24(20)27-25(26)16-17-28(34-27,21-9-4-3-5-10-21)22-12-14-23(15-13-22)33-29(30,31)32/h16-17,19-27H,3-15,18H2,1-2H3. The van der Waals surface area contributed by atoms with Crippen molar-refractivity contribution >= 4 is 0 Å². The van der Waals surface area contributed by atoms with Crippen LogP contribution in [0.25, 0.3) is 0 Å². The van der Waals surface area contributed by atoms with Gasteiger partial charge < -0.3 is 4.74 Å². The Balaban J connectivity index is 1.42. The molecular formula is C29H45F3O2. The molecule has 0 aromatic carbocycles. The lowest BCUT2D eigenvalue weighted by Crippen LogP contribution is -2.58. The first-order chi connectivity index (χ1) is 16.3. The molecule has 0 aromatic heterocycles. The van der Waals surface area contributed by atoms with Gasteiger partial charge in [0.15, 0.2) is 0 Å². The van der Waals surface area contributed by atoms with Crippen LogP contribution in [0, 0.1) is 41.4 Å². The maximum atomic E-state index is 12.8. The number of fused-ring (bicyclic) bond motifs is 3. The van der Waals surface area contributed by atoms with Gasteiger partial charge in [-0.05, 0) is 86.9 Å². The van der Waals surface area contributed by atoms with Gasteiger partial charge >= 0.3 is 6.36 Å². The van der Waals surface area contributed by atoms with Crippen molar-refractivity contribution in [2.45, 2.75) is 128 Å². The number of alkyl halides is 3. The smallest absolute Gasteiger partial charge is 0.366 e. The van der Waals surface area contributed by atoms with E-state index < -0.39 is 12.5 Å². The summed E-state index contributed by atoms with van der Waals surface area (Å²) in [5.41, 5.74) is -0.286. The van der Waals surface area contributed by atoms with Gasteiger partial charge in [0.05, 0.1) is 17.8 Å². The van der Waals surface area contributed by atoms with Gasteiger partial charge in [0.2, 0.25) is 0 Å². The Morgan fingerprint density at radius 3 is 2.18 bits per heavy atom. The Labute approximate surface area is 204 Å². The molecule has 4 aliphatic carbocycles. The fourth-order valence-corrected chi connectivity index (χ4v) is 8.84. The van der Waals surface area contributed by atoms with E-state index >= 15 is 0 Å². The fourth-order valence-electron chi connectivity index (χ4n) is 8.84. The number of hydrogen-bond donors (Lipinski definition) is 0. The van der Waals surface area contributed by atoms with Crippen LogP contribution in [0.5, 0.6) is 0 Å². The van der Waals surface area contributed by atoms with Crippen LogP contribution in [0.4, 0.5) is 13.2 Å². The Hall–Kier alpha value is -0.550. The summed E-state index contributed by atoms with van der Waals surface area (Å²) < 4.78 is 50.5. The summed E-state index contributed by atoms with van der Waals surface area (Å²) in [5, 5.41) is 0. The number of halogens is 3. The summed E-state index contributed by atoms with van der Waals surface area (Å²) in [4.78, 5) is 0. The van der Waals surface area contributed by atoms with Crippen LogP contribution in [0.15, 0.2) is 12.2 Å². The van der Waals surface area contributed by atoms with Crippen molar-refractivity contribution in [3.05, 3.63) is 12.2 Å². The van der Waals surface area contributed by atoms with Crippen molar-refractivity contribution in [2.75, 3.05) is 0 Å². The highest BCUT2D eigenvalue weighted by Gasteiger charge is 2.55. The normalized spacial score (nSPS) is 44.0. The second-order valence-corrected chi connectivity index (χ2v) is 12.6. The molecule has 0 N–H and O–H groups in total. The van der Waals surface area contributed by atoms with E-state index in [2.05, 4.69) is 30.7 Å². The second-order valence-electron chi connectivity index (χ2n) is 12.6. The minimum Gasteiger partial charge on any atom is -0.366 e. The highest BCUT2D eigenvalue weighted by Crippen LogP contribution is 2.56. The van der Waals surface area contributed by atoms with Crippen molar-refractivity contribution in [1.82, 2.24) is 0 Å². The van der Waals surface area contributed by atoms with E-state index in [9.17, 15) is 13.2 Å². The Kier molecular flexibility index (Phi) is 7.44. The average Bonchev–Trinajstić information content (AvgIpc) is 2.83. The lowest BCUT2D eigenvalue weighted by molar-refractivity contribution is -0.346. The summed E-state index contributed by atoms with van der Waals surface area (Å²) >= 11 is 0. The molecule has 4 fully saturated rings. The van der Waals surface area contributed by atoms with Gasteiger partial charge in [-0.25, -0.2) is 0 Å². The van der Waals surface area contributed by atoms with Crippen molar-refractivity contribution < 1.29 is 22.6 Å². The van der Waals surface area contributed by atoms with Gasteiger partial charge in [0.1, 0.15) is 0 Å². The molecule has 1 heterocycles. The monoisotopic (exact) mass is 482 g/mol. The van der Waals surface area contributed by atoms with Crippen molar-refractivity contribution in [3.63, 3.8) is 0 Å². The predicted octanol–water partition coefficient (Wildman–Crippen LogP) is 8.45. The van der Waals surface area contributed by atoms with E-state index in [1.807, 2.05) is 0 Å². The highest BCUT2D eigenvalue weighted by molar-refractivity contribution is 5.19. The first-order valence-corrected chi connectivity index (χ1v) is 14.4. The van der Waals surface area contributed by atoms with Crippen LogP contribution < -0.4 is 0 Å². The quantitative estimate of drug-likeness (QED) is 0.374. The Morgan fingerprint density at radius 2 is 1.50 bits per heavy atom. The second kappa shape index (κ2) is 10.1. The molecule has 6 unspecified atom stereocenters. The molecule has 0 spiro atoms. The minimum absolute atomic E-state index is 0.286. The zero-order chi connectivity index (χ0) is 23.9. The van der Waals surface area contributed by atoms with Crippen LogP contribution in [0.3, 0.4) is 0 Å². The van der Waals surface area contributed by atoms with Gasteiger partial charge in [0.25, 0.3) is 0 Å². The van der Waals surface area contributed by atoms with Gasteiger partial charge in [-0.2, -0.15) is 0 Å². The molecule has 2 nitrogen and oxygen atoms in total. The van der Waals surface area contributed by atoms with E-state index in [0.29, 0.717) is 54.5 Å². The molecule has 34 heavy (non-hydrogen) atoms. The molecule has 4 saturated carbocycles. The van der Waals surface area contributed by atoms with Crippen LogP contribution in [-0.4, -0.2) is 24.2 Å². The molecule has 194 valence electrons. The number of rotatable bonds is 4. The molecule has 0 saturated heterocycles. The molecule has 5 rings (SSSR count). The van der Waals surface area contributed by atoms with Crippen LogP contribution in [-0.2, 0) is 9.47 Å². The maximum Gasteiger partial charge on any atom is 0.522 e. The third-order valence-electron chi connectivity index (χ3n) is 10.5. The summed E-state index contributed by atoms with van der Waals surface area (Å²) in [7, 11) is 0. The van der Waals surface area contributed by atoms with E-state index in [0.717, 1.165) is 18.8 Å². The summed E-state index contributed by atoms with van der Waals surface area (Å²) in [6.07, 6.45) is 15.5. The van der Waals surface area contributed by atoms with E-state index in [4.69, 9.17) is 4.74 Å². The first-order valence-electron chi connectivity index (χ1n) is 14.4. The van der Waals surface area contributed by atoms with Gasteiger partial charge in [-0.3, -0.25) is 4.74 Å². The van der Waals surface area contributed by atoms with Gasteiger partial charge in [-0.1, -0.05) is 64.5 Å². The molecule has 0 bridgehead atoms. The fraction of sp³-hybridized carbons (Fsp3) is 0.931. The molecule has 0 amide bonds. The largest absolute Gasteiger partial charge is 0.522 e. The van der Waals surface area contributed by atoms with E-state index in [1.165, 1.54) is 64.2 Å². The van der Waals surface area contributed by atoms with Crippen molar-refractivity contribution in [2.24, 2.45) is 41.4 Å². The molecule has 6 atom stereocenters. The summed E-state index contributed by atoms with van der Waals surface area (Å²) in [6.45, 7) is 4.76. The van der Waals surface area contributed by atoms with Crippen molar-refractivity contribution in [1.29, 1.82) is 0 Å². The molecule has 5 heteroatoms. The predicted molar refractivity (Wildman–Crippen MR) is 128 cm³/mol. The lowest BCUT2D eigenvalue weighted by atomic mass is 9.57. The zero-order valence-electron chi connectivity index (χ0n) is 21.2. The van der Waals surface area contributed by atoms with Crippen molar-refractivity contribution in [3.8, 4) is 0 Å². The first kappa shape index (κ1) is 25.1.